The van der Waals surface area contributed by atoms with Gasteiger partial charge in [0.2, 0.25) is 0 Å². The summed E-state index contributed by atoms with van der Waals surface area (Å²) in [6.07, 6.45) is 11.3. The second-order valence-corrected chi connectivity index (χ2v) is 11.4. The van der Waals surface area contributed by atoms with Crippen LogP contribution < -0.4 is 0 Å². The van der Waals surface area contributed by atoms with E-state index in [-0.39, 0.29) is 0 Å². The molecule has 1 aliphatic carbocycles. The first kappa shape index (κ1) is 26.5. The first-order chi connectivity index (χ1) is 15.2. The summed E-state index contributed by atoms with van der Waals surface area (Å²) >= 11 is 0. The molecule has 2 rings (SSSR count). The van der Waals surface area contributed by atoms with Gasteiger partial charge < -0.3 is 18.0 Å². The van der Waals surface area contributed by atoms with Crippen molar-refractivity contribution in [1.82, 2.24) is 0 Å². The van der Waals surface area contributed by atoms with E-state index < -0.39 is 8.80 Å². The summed E-state index contributed by atoms with van der Waals surface area (Å²) in [7, 11) is -2.53. The fraction of sp³-hybridized carbons (Fsp3) is 0.769. The van der Waals surface area contributed by atoms with Crippen molar-refractivity contribution >= 4 is 8.80 Å². The second-order valence-electron chi connectivity index (χ2n) is 8.63. The third-order valence-electron chi connectivity index (χ3n) is 6.27. The summed E-state index contributed by atoms with van der Waals surface area (Å²) in [4.78, 5) is 0. The molecule has 0 aromatic heterocycles. The number of unbranched alkanes of at least 4 members (excludes halogenated alkanes) is 2. The maximum absolute atomic E-state index is 6.23. The van der Waals surface area contributed by atoms with E-state index in [1.54, 1.807) is 0 Å². The molecule has 4 nitrogen and oxygen atoms in total. The van der Waals surface area contributed by atoms with Gasteiger partial charge in [-0.05, 0) is 82.8 Å². The Morgan fingerprint density at radius 1 is 0.774 bits per heavy atom. The molecule has 0 amide bonds. The molecule has 0 N–H and O–H groups in total. The fourth-order valence-corrected chi connectivity index (χ4v) is 7.22. The first-order valence-corrected chi connectivity index (χ1v) is 14.7. The summed E-state index contributed by atoms with van der Waals surface area (Å²) in [6.45, 7) is 11.0. The average Bonchev–Trinajstić information content (AvgIpc) is 2.78. The van der Waals surface area contributed by atoms with Gasteiger partial charge in [0, 0.05) is 32.5 Å². The predicted octanol–water partition coefficient (Wildman–Crippen LogP) is 6.90. The van der Waals surface area contributed by atoms with Crippen LogP contribution in [-0.2, 0) is 24.4 Å². The first-order valence-electron chi connectivity index (χ1n) is 12.8. The molecule has 5 heteroatoms. The van der Waals surface area contributed by atoms with Crippen LogP contribution in [0.4, 0.5) is 0 Å². The van der Waals surface area contributed by atoms with Gasteiger partial charge in [-0.2, -0.15) is 0 Å². The highest BCUT2D eigenvalue weighted by molar-refractivity contribution is 6.60. The van der Waals surface area contributed by atoms with E-state index in [0.717, 1.165) is 31.9 Å². The van der Waals surface area contributed by atoms with Crippen LogP contribution in [0.25, 0.3) is 0 Å². The van der Waals surface area contributed by atoms with Crippen molar-refractivity contribution < 1.29 is 18.0 Å². The second kappa shape index (κ2) is 15.2. The van der Waals surface area contributed by atoms with E-state index in [4.69, 9.17) is 18.0 Å². The van der Waals surface area contributed by atoms with Crippen molar-refractivity contribution in [3.05, 3.63) is 35.4 Å². The Kier molecular flexibility index (Phi) is 13.0. The van der Waals surface area contributed by atoms with E-state index in [1.165, 1.54) is 49.7 Å². The van der Waals surface area contributed by atoms with Crippen molar-refractivity contribution in [3.8, 4) is 0 Å². The third kappa shape index (κ3) is 9.35. The number of aryl methyl sites for hydroxylation is 1. The molecule has 31 heavy (non-hydrogen) atoms. The van der Waals surface area contributed by atoms with Gasteiger partial charge in [0.15, 0.2) is 0 Å². The molecule has 1 aromatic rings. The van der Waals surface area contributed by atoms with Gasteiger partial charge >= 0.3 is 8.80 Å². The Labute approximate surface area is 192 Å². The maximum atomic E-state index is 6.23. The Balaban J connectivity index is 1.69. The van der Waals surface area contributed by atoms with Gasteiger partial charge in [-0.15, -0.1) is 0 Å². The molecular weight excluding hydrogens is 404 g/mol. The van der Waals surface area contributed by atoms with E-state index in [9.17, 15) is 0 Å². The third-order valence-corrected chi connectivity index (χ3v) is 9.42. The van der Waals surface area contributed by atoms with Crippen molar-refractivity contribution in [3.63, 3.8) is 0 Å². The molecule has 0 saturated heterocycles. The molecule has 0 aliphatic heterocycles. The monoisotopic (exact) mass is 450 g/mol. The Morgan fingerprint density at radius 3 is 1.94 bits per heavy atom. The van der Waals surface area contributed by atoms with Gasteiger partial charge in [-0.1, -0.05) is 44.0 Å². The molecule has 1 saturated carbocycles. The summed E-state index contributed by atoms with van der Waals surface area (Å²) in [6, 6.07) is 10.3. The largest absolute Gasteiger partial charge is 0.501 e. The van der Waals surface area contributed by atoms with Gasteiger partial charge in [-0.25, -0.2) is 0 Å². The highest BCUT2D eigenvalue weighted by atomic mass is 28.4. The average molecular weight is 451 g/mol. The van der Waals surface area contributed by atoms with Crippen LogP contribution in [0.15, 0.2) is 24.3 Å². The minimum absolute atomic E-state index is 0.395. The molecule has 1 aliphatic rings. The molecule has 0 unspecified atom stereocenters. The van der Waals surface area contributed by atoms with Crippen LogP contribution in [0.3, 0.4) is 0 Å². The number of hydrogen-bond donors (Lipinski definition) is 0. The fourth-order valence-electron chi connectivity index (χ4n) is 4.64. The minimum Gasteiger partial charge on any atom is -0.378 e. The van der Waals surface area contributed by atoms with Crippen molar-refractivity contribution in [2.75, 3.05) is 26.4 Å². The molecule has 0 radical (unpaired) electrons. The van der Waals surface area contributed by atoms with E-state index in [1.807, 2.05) is 20.8 Å². The SMILES string of the molecule is CCCCCc1ccc([C@H]2CC[C@H](OCCC[Si](OCC)(OCC)OCC)CC2)cc1. The summed E-state index contributed by atoms with van der Waals surface area (Å²) in [5.41, 5.74) is 3.00. The summed E-state index contributed by atoms with van der Waals surface area (Å²) in [5, 5.41) is 0. The Hall–Kier alpha value is -0.723. The molecular formula is C26H46O4Si. The standard InChI is InChI=1S/C26H46O4Si/c1-5-9-10-12-23-13-15-24(16-14-23)25-17-19-26(20-18-25)27-21-11-22-31(28-6-2,29-7-3)30-8-4/h13-16,25-26H,5-12,17-22H2,1-4H3/t25-,26-. The lowest BCUT2D eigenvalue weighted by Gasteiger charge is -2.30. The predicted molar refractivity (Wildman–Crippen MR) is 131 cm³/mol. The number of hydrogen-bond acceptors (Lipinski definition) is 4. The van der Waals surface area contributed by atoms with Crippen LogP contribution in [0.1, 0.15) is 96.1 Å². The number of benzene rings is 1. The topological polar surface area (TPSA) is 36.9 Å². The summed E-state index contributed by atoms with van der Waals surface area (Å²) in [5.74, 6) is 0.693. The number of ether oxygens (including phenoxy) is 1. The van der Waals surface area contributed by atoms with Crippen LogP contribution in [0, 0.1) is 0 Å². The smallest absolute Gasteiger partial charge is 0.378 e. The number of rotatable bonds is 16. The lowest BCUT2D eigenvalue weighted by atomic mass is 9.82. The molecule has 1 aromatic carbocycles. The highest BCUT2D eigenvalue weighted by Gasteiger charge is 2.39. The molecule has 0 spiro atoms. The molecule has 0 heterocycles. The minimum atomic E-state index is -2.53. The van der Waals surface area contributed by atoms with Gasteiger partial charge in [0.25, 0.3) is 0 Å². The van der Waals surface area contributed by atoms with E-state index in [0.29, 0.717) is 31.8 Å². The molecule has 178 valence electrons. The van der Waals surface area contributed by atoms with Crippen LogP contribution in [-0.4, -0.2) is 41.3 Å². The highest BCUT2D eigenvalue weighted by Crippen LogP contribution is 2.34. The normalized spacial score (nSPS) is 19.6. The van der Waals surface area contributed by atoms with Crippen molar-refractivity contribution in [2.24, 2.45) is 0 Å². The van der Waals surface area contributed by atoms with E-state index >= 15 is 0 Å². The van der Waals surface area contributed by atoms with Gasteiger partial charge in [0.1, 0.15) is 0 Å². The molecule has 0 atom stereocenters. The zero-order valence-corrected chi connectivity index (χ0v) is 21.5. The molecule has 0 bridgehead atoms. The quantitative estimate of drug-likeness (QED) is 0.203. The maximum Gasteiger partial charge on any atom is 0.501 e. The molecule has 1 fully saturated rings. The van der Waals surface area contributed by atoms with Crippen molar-refractivity contribution in [2.45, 2.75) is 104 Å². The van der Waals surface area contributed by atoms with Gasteiger partial charge in [0.05, 0.1) is 6.10 Å². The Morgan fingerprint density at radius 2 is 1.39 bits per heavy atom. The lowest BCUT2D eigenvalue weighted by Crippen LogP contribution is -2.46. The van der Waals surface area contributed by atoms with Crippen LogP contribution in [0.5, 0.6) is 0 Å². The zero-order valence-electron chi connectivity index (χ0n) is 20.5. The summed E-state index contributed by atoms with van der Waals surface area (Å²) < 4.78 is 24.0. The van der Waals surface area contributed by atoms with Crippen LogP contribution in [0.2, 0.25) is 6.04 Å². The van der Waals surface area contributed by atoms with Crippen molar-refractivity contribution in [1.29, 1.82) is 0 Å². The van der Waals surface area contributed by atoms with E-state index in [2.05, 4.69) is 31.2 Å². The van der Waals surface area contributed by atoms with Crippen LogP contribution >= 0.6 is 0 Å². The zero-order chi connectivity index (χ0) is 22.4. The van der Waals surface area contributed by atoms with Gasteiger partial charge in [-0.3, -0.25) is 0 Å². The lowest BCUT2D eigenvalue weighted by molar-refractivity contribution is 0.0202. The Bertz CT molecular complexity index is 552.